The summed E-state index contributed by atoms with van der Waals surface area (Å²) in [6, 6.07) is 19.9. The fraction of sp³-hybridized carbons (Fsp3) is 0.227. The fourth-order valence-corrected chi connectivity index (χ4v) is 4.40. The van der Waals surface area contributed by atoms with Crippen molar-refractivity contribution in [1.82, 2.24) is 4.90 Å². The molecule has 5 heteroatoms. The molecule has 138 valence electrons. The molecule has 0 bridgehead atoms. The summed E-state index contributed by atoms with van der Waals surface area (Å²) in [6.07, 6.45) is 0.821. The van der Waals surface area contributed by atoms with Crippen molar-refractivity contribution in [2.75, 3.05) is 12.4 Å². The first-order valence-corrected chi connectivity index (χ1v) is 9.89. The molecule has 1 unspecified atom stereocenters. The van der Waals surface area contributed by atoms with E-state index in [0.717, 1.165) is 28.3 Å². The lowest BCUT2D eigenvalue weighted by atomic mass is 10.1. The standard InChI is InChI=1S/C22H22N2O2S/c1-3-17-11-12-20(27-17)21-23-19-10-5-4-9-18(19)22(25)24(21)14-15-7-6-8-16(13-15)26-2/h4-13,21,23H,3,14H2,1-2H3. The Morgan fingerprint density at radius 3 is 2.74 bits per heavy atom. The van der Waals surface area contributed by atoms with Gasteiger partial charge in [-0.25, -0.2) is 0 Å². The zero-order chi connectivity index (χ0) is 18.8. The van der Waals surface area contributed by atoms with Crippen molar-refractivity contribution in [3.63, 3.8) is 0 Å². The van der Waals surface area contributed by atoms with Crippen LogP contribution in [0.25, 0.3) is 0 Å². The molecule has 4 nitrogen and oxygen atoms in total. The Bertz CT molecular complexity index is 966. The maximum atomic E-state index is 13.3. The third-order valence-electron chi connectivity index (χ3n) is 4.81. The van der Waals surface area contributed by atoms with E-state index in [2.05, 4.69) is 24.4 Å². The number of nitrogens with one attached hydrogen (secondary N) is 1. The second-order valence-corrected chi connectivity index (χ2v) is 7.73. The summed E-state index contributed by atoms with van der Waals surface area (Å²) in [5, 5.41) is 3.56. The van der Waals surface area contributed by atoms with Gasteiger partial charge in [-0.3, -0.25) is 4.79 Å². The van der Waals surface area contributed by atoms with E-state index in [0.29, 0.717) is 12.1 Å². The molecule has 3 aromatic rings. The van der Waals surface area contributed by atoms with Gasteiger partial charge in [0, 0.05) is 22.0 Å². The van der Waals surface area contributed by atoms with Crippen molar-refractivity contribution < 1.29 is 9.53 Å². The highest BCUT2D eigenvalue weighted by atomic mass is 32.1. The molecule has 1 N–H and O–H groups in total. The molecule has 2 heterocycles. The van der Waals surface area contributed by atoms with Gasteiger partial charge in [0.2, 0.25) is 0 Å². The van der Waals surface area contributed by atoms with Crippen LogP contribution in [0.2, 0.25) is 0 Å². The summed E-state index contributed by atoms with van der Waals surface area (Å²) in [5.41, 5.74) is 2.64. The molecule has 27 heavy (non-hydrogen) atoms. The Balaban J connectivity index is 1.73. The molecule has 0 radical (unpaired) electrons. The molecular weight excluding hydrogens is 356 g/mol. The Morgan fingerprint density at radius 1 is 1.11 bits per heavy atom. The number of anilines is 1. The van der Waals surface area contributed by atoms with Crippen molar-refractivity contribution in [1.29, 1.82) is 0 Å². The van der Waals surface area contributed by atoms with Gasteiger partial charge < -0.3 is 15.0 Å². The minimum absolute atomic E-state index is 0.0450. The van der Waals surface area contributed by atoms with E-state index < -0.39 is 0 Å². The molecular formula is C22H22N2O2S. The number of carbonyl (C=O) groups excluding carboxylic acids is 1. The van der Waals surface area contributed by atoms with Gasteiger partial charge in [-0.05, 0) is 48.4 Å². The zero-order valence-corrected chi connectivity index (χ0v) is 16.3. The topological polar surface area (TPSA) is 41.6 Å². The second kappa shape index (κ2) is 7.45. The van der Waals surface area contributed by atoms with Gasteiger partial charge in [0.15, 0.2) is 0 Å². The van der Waals surface area contributed by atoms with Crippen LogP contribution in [0.15, 0.2) is 60.7 Å². The number of benzene rings is 2. The predicted octanol–water partition coefficient (Wildman–Crippen LogP) is 5.09. The molecule has 0 spiro atoms. The lowest BCUT2D eigenvalue weighted by Gasteiger charge is -2.37. The summed E-state index contributed by atoms with van der Waals surface area (Å²) >= 11 is 1.76. The van der Waals surface area contributed by atoms with Crippen LogP contribution < -0.4 is 10.1 Å². The van der Waals surface area contributed by atoms with Crippen molar-refractivity contribution in [2.24, 2.45) is 0 Å². The highest BCUT2D eigenvalue weighted by molar-refractivity contribution is 7.12. The summed E-state index contributed by atoms with van der Waals surface area (Å²) < 4.78 is 5.34. The zero-order valence-electron chi connectivity index (χ0n) is 15.4. The van der Waals surface area contributed by atoms with Crippen molar-refractivity contribution in [3.05, 3.63) is 81.5 Å². The molecule has 0 saturated carbocycles. The third-order valence-corrected chi connectivity index (χ3v) is 6.09. The molecule has 1 amide bonds. The summed E-state index contributed by atoms with van der Waals surface area (Å²) in [6.45, 7) is 2.67. The molecule has 2 aromatic carbocycles. The van der Waals surface area contributed by atoms with Crippen molar-refractivity contribution in [3.8, 4) is 5.75 Å². The first kappa shape index (κ1) is 17.6. The van der Waals surface area contributed by atoms with Crippen LogP contribution in [-0.4, -0.2) is 17.9 Å². The Morgan fingerprint density at radius 2 is 1.96 bits per heavy atom. The van der Waals surface area contributed by atoms with Crippen molar-refractivity contribution in [2.45, 2.75) is 26.1 Å². The Labute approximate surface area is 163 Å². The predicted molar refractivity (Wildman–Crippen MR) is 109 cm³/mol. The van der Waals surface area contributed by atoms with Gasteiger partial charge >= 0.3 is 0 Å². The van der Waals surface area contributed by atoms with Crippen LogP contribution >= 0.6 is 11.3 Å². The number of amides is 1. The number of ether oxygens (including phenoxy) is 1. The lowest BCUT2D eigenvalue weighted by Crippen LogP contribution is -2.42. The quantitative estimate of drug-likeness (QED) is 0.673. The maximum absolute atomic E-state index is 13.3. The van der Waals surface area contributed by atoms with Gasteiger partial charge in [0.25, 0.3) is 5.91 Å². The number of thiophene rings is 1. The highest BCUT2D eigenvalue weighted by Crippen LogP contribution is 2.37. The van der Waals surface area contributed by atoms with E-state index >= 15 is 0 Å². The Hall–Kier alpha value is -2.79. The first-order chi connectivity index (χ1) is 13.2. The van der Waals surface area contributed by atoms with Gasteiger partial charge in [-0.15, -0.1) is 11.3 Å². The Kier molecular flexibility index (Phi) is 4.86. The molecule has 0 saturated heterocycles. The van der Waals surface area contributed by atoms with Crippen LogP contribution in [0.4, 0.5) is 5.69 Å². The molecule has 1 aliphatic rings. The molecule has 1 atom stereocenters. The normalized spacial score (nSPS) is 16.0. The number of aryl methyl sites for hydroxylation is 1. The number of methoxy groups -OCH3 is 1. The summed E-state index contributed by atoms with van der Waals surface area (Å²) in [7, 11) is 1.66. The van der Waals surface area contributed by atoms with Crippen LogP contribution in [0.5, 0.6) is 5.75 Å². The van der Waals surface area contributed by atoms with Crippen molar-refractivity contribution >= 4 is 22.9 Å². The minimum atomic E-state index is -0.177. The van der Waals surface area contributed by atoms with Crippen LogP contribution in [0.1, 0.15) is 38.8 Å². The highest BCUT2D eigenvalue weighted by Gasteiger charge is 2.33. The van der Waals surface area contributed by atoms with Gasteiger partial charge in [-0.2, -0.15) is 0 Å². The number of hydrogen-bond acceptors (Lipinski definition) is 4. The van der Waals surface area contributed by atoms with Gasteiger partial charge in [0.05, 0.1) is 12.7 Å². The van der Waals surface area contributed by atoms with Crippen LogP contribution in [-0.2, 0) is 13.0 Å². The van der Waals surface area contributed by atoms with Crippen LogP contribution in [0, 0.1) is 0 Å². The van der Waals surface area contributed by atoms with Crippen LogP contribution in [0.3, 0.4) is 0 Å². The van der Waals surface area contributed by atoms with E-state index in [1.54, 1.807) is 18.4 Å². The number of nitrogens with zero attached hydrogens (tertiary/aromatic N) is 1. The average Bonchev–Trinajstić information content (AvgIpc) is 3.19. The van der Waals surface area contributed by atoms with E-state index in [-0.39, 0.29) is 12.1 Å². The SMILES string of the molecule is CCc1ccc(C2Nc3ccccc3C(=O)N2Cc2cccc(OC)c2)s1. The number of carbonyl (C=O) groups is 1. The molecule has 0 aliphatic carbocycles. The third kappa shape index (κ3) is 3.43. The molecule has 1 aliphatic heterocycles. The second-order valence-electron chi connectivity index (χ2n) is 6.53. The minimum Gasteiger partial charge on any atom is -0.497 e. The monoisotopic (exact) mass is 378 g/mol. The summed E-state index contributed by atoms with van der Waals surface area (Å²) in [5.74, 6) is 0.842. The number of para-hydroxylation sites is 1. The molecule has 4 rings (SSSR count). The maximum Gasteiger partial charge on any atom is 0.258 e. The number of fused-ring (bicyclic) bond motifs is 1. The molecule has 0 fully saturated rings. The van der Waals surface area contributed by atoms with E-state index in [1.807, 2.05) is 53.4 Å². The number of hydrogen-bond donors (Lipinski definition) is 1. The number of rotatable bonds is 5. The lowest BCUT2D eigenvalue weighted by molar-refractivity contribution is 0.0669. The average molecular weight is 378 g/mol. The van der Waals surface area contributed by atoms with E-state index in [4.69, 9.17) is 4.74 Å². The molecule has 1 aromatic heterocycles. The first-order valence-electron chi connectivity index (χ1n) is 9.07. The van der Waals surface area contributed by atoms with E-state index in [1.165, 1.54) is 4.88 Å². The van der Waals surface area contributed by atoms with Gasteiger partial charge in [-0.1, -0.05) is 31.2 Å². The summed E-state index contributed by atoms with van der Waals surface area (Å²) in [4.78, 5) is 17.7. The van der Waals surface area contributed by atoms with E-state index in [9.17, 15) is 4.79 Å². The fourth-order valence-electron chi connectivity index (χ4n) is 3.38. The van der Waals surface area contributed by atoms with Gasteiger partial charge in [0.1, 0.15) is 11.9 Å². The largest absolute Gasteiger partial charge is 0.497 e. The smallest absolute Gasteiger partial charge is 0.258 e.